The number of benzene rings is 1. The van der Waals surface area contributed by atoms with Crippen molar-refractivity contribution in [2.45, 2.75) is 26.3 Å². The molecule has 5 nitrogen and oxygen atoms in total. The van der Waals surface area contributed by atoms with E-state index in [1.165, 1.54) is 12.1 Å². The lowest BCUT2D eigenvalue weighted by atomic mass is 10.1. The van der Waals surface area contributed by atoms with E-state index >= 15 is 0 Å². The van der Waals surface area contributed by atoms with Gasteiger partial charge < -0.3 is 15.7 Å². The standard InChI is InChI=1S/C12H15FN2O3/c1-12(2,3)15-11(18)14-9-7(10(16)17)5-4-6-8(9)13/h4-6H,1-3H3,(H,16,17)(H2,14,15,18). The number of urea groups is 1. The summed E-state index contributed by atoms with van der Waals surface area (Å²) in [4.78, 5) is 22.5. The number of aromatic carboxylic acids is 1. The zero-order valence-electron chi connectivity index (χ0n) is 10.4. The van der Waals surface area contributed by atoms with E-state index in [9.17, 15) is 14.0 Å². The van der Waals surface area contributed by atoms with E-state index in [4.69, 9.17) is 5.11 Å². The predicted molar refractivity (Wildman–Crippen MR) is 65.3 cm³/mol. The Hall–Kier alpha value is -2.11. The highest BCUT2D eigenvalue weighted by atomic mass is 19.1. The first-order chi connectivity index (χ1) is 8.20. The van der Waals surface area contributed by atoms with Gasteiger partial charge in [0.05, 0.1) is 11.3 Å². The summed E-state index contributed by atoms with van der Waals surface area (Å²) in [5.74, 6) is -2.10. The van der Waals surface area contributed by atoms with Crippen LogP contribution in [0.5, 0.6) is 0 Å². The van der Waals surface area contributed by atoms with Gasteiger partial charge in [-0.1, -0.05) is 6.07 Å². The molecule has 1 rings (SSSR count). The summed E-state index contributed by atoms with van der Waals surface area (Å²) >= 11 is 0. The largest absolute Gasteiger partial charge is 0.478 e. The zero-order valence-corrected chi connectivity index (χ0v) is 10.4. The van der Waals surface area contributed by atoms with Crippen molar-refractivity contribution in [2.24, 2.45) is 0 Å². The molecular formula is C12H15FN2O3. The van der Waals surface area contributed by atoms with Crippen LogP contribution in [0.3, 0.4) is 0 Å². The van der Waals surface area contributed by atoms with Gasteiger partial charge in [-0.05, 0) is 32.9 Å². The molecular weight excluding hydrogens is 239 g/mol. The number of nitrogens with one attached hydrogen (secondary N) is 2. The number of carboxylic acids is 1. The molecule has 0 saturated carbocycles. The molecule has 0 aliphatic carbocycles. The van der Waals surface area contributed by atoms with Crippen molar-refractivity contribution in [3.05, 3.63) is 29.6 Å². The summed E-state index contributed by atoms with van der Waals surface area (Å²) < 4.78 is 13.5. The fourth-order valence-electron chi connectivity index (χ4n) is 1.31. The lowest BCUT2D eigenvalue weighted by Gasteiger charge is -2.21. The number of hydrogen-bond acceptors (Lipinski definition) is 2. The summed E-state index contributed by atoms with van der Waals surface area (Å²) in [5, 5.41) is 13.7. The number of halogens is 1. The second-order valence-electron chi connectivity index (χ2n) is 4.80. The summed E-state index contributed by atoms with van der Waals surface area (Å²) in [6, 6.07) is 2.91. The smallest absolute Gasteiger partial charge is 0.337 e. The lowest BCUT2D eigenvalue weighted by molar-refractivity contribution is 0.0697. The van der Waals surface area contributed by atoms with E-state index in [-0.39, 0.29) is 11.3 Å². The highest BCUT2D eigenvalue weighted by Crippen LogP contribution is 2.19. The fraction of sp³-hybridized carbons (Fsp3) is 0.333. The zero-order chi connectivity index (χ0) is 13.9. The minimum atomic E-state index is -1.31. The van der Waals surface area contributed by atoms with Gasteiger partial charge in [-0.25, -0.2) is 14.0 Å². The summed E-state index contributed by atoms with van der Waals surface area (Å²) in [6.45, 7) is 5.27. The Balaban J connectivity index is 2.97. The van der Waals surface area contributed by atoms with Gasteiger partial charge >= 0.3 is 12.0 Å². The minimum absolute atomic E-state index is 0.293. The Kier molecular flexibility index (Phi) is 3.90. The molecule has 2 amide bonds. The normalized spacial score (nSPS) is 10.9. The molecule has 0 aliphatic heterocycles. The molecule has 0 atom stereocenters. The van der Waals surface area contributed by atoms with Crippen molar-refractivity contribution < 1.29 is 19.1 Å². The number of carbonyl (C=O) groups excluding carboxylic acids is 1. The molecule has 0 fully saturated rings. The maximum absolute atomic E-state index is 13.5. The van der Waals surface area contributed by atoms with Crippen LogP contribution >= 0.6 is 0 Å². The maximum Gasteiger partial charge on any atom is 0.337 e. The van der Waals surface area contributed by atoms with E-state index in [0.29, 0.717) is 0 Å². The van der Waals surface area contributed by atoms with E-state index in [2.05, 4.69) is 10.6 Å². The molecule has 0 spiro atoms. The number of para-hydroxylation sites is 1. The molecule has 0 radical (unpaired) electrons. The van der Waals surface area contributed by atoms with Crippen LogP contribution in [0.15, 0.2) is 18.2 Å². The Labute approximate surface area is 104 Å². The van der Waals surface area contributed by atoms with E-state index in [1.54, 1.807) is 20.8 Å². The van der Waals surface area contributed by atoms with Crippen LogP contribution in [0.2, 0.25) is 0 Å². The van der Waals surface area contributed by atoms with Crippen LogP contribution in [-0.2, 0) is 0 Å². The minimum Gasteiger partial charge on any atom is -0.478 e. The Bertz CT molecular complexity index is 481. The fourth-order valence-corrected chi connectivity index (χ4v) is 1.31. The van der Waals surface area contributed by atoms with Gasteiger partial charge in [-0.2, -0.15) is 0 Å². The molecule has 3 N–H and O–H groups in total. The molecule has 1 aromatic rings. The van der Waals surface area contributed by atoms with Crippen molar-refractivity contribution in [3.8, 4) is 0 Å². The molecule has 0 heterocycles. The average molecular weight is 254 g/mol. The van der Waals surface area contributed by atoms with Crippen molar-refractivity contribution in [3.63, 3.8) is 0 Å². The summed E-state index contributed by atoms with van der Waals surface area (Å²) in [7, 11) is 0. The highest BCUT2D eigenvalue weighted by molar-refractivity contribution is 6.00. The van der Waals surface area contributed by atoms with Gasteiger partial charge in [0.2, 0.25) is 0 Å². The number of rotatable bonds is 2. The molecule has 0 aromatic heterocycles. The molecule has 0 saturated heterocycles. The Morgan fingerprint density at radius 3 is 2.39 bits per heavy atom. The lowest BCUT2D eigenvalue weighted by Crippen LogP contribution is -2.43. The molecule has 0 bridgehead atoms. The second-order valence-corrected chi connectivity index (χ2v) is 4.80. The van der Waals surface area contributed by atoms with Crippen LogP contribution in [0.25, 0.3) is 0 Å². The van der Waals surface area contributed by atoms with Crippen LogP contribution in [0.4, 0.5) is 14.9 Å². The van der Waals surface area contributed by atoms with Crippen LogP contribution < -0.4 is 10.6 Å². The first kappa shape index (κ1) is 14.0. The van der Waals surface area contributed by atoms with Gasteiger partial charge in [0.25, 0.3) is 0 Å². The van der Waals surface area contributed by atoms with Crippen LogP contribution in [0, 0.1) is 5.82 Å². The van der Waals surface area contributed by atoms with Crippen LogP contribution in [0.1, 0.15) is 31.1 Å². The van der Waals surface area contributed by atoms with E-state index < -0.39 is 23.4 Å². The molecule has 0 aliphatic rings. The van der Waals surface area contributed by atoms with Gasteiger partial charge in [-0.15, -0.1) is 0 Å². The number of carboxylic acid groups (broad SMARTS) is 1. The van der Waals surface area contributed by atoms with E-state index in [1.807, 2.05) is 0 Å². The van der Waals surface area contributed by atoms with Gasteiger partial charge in [0.15, 0.2) is 0 Å². The van der Waals surface area contributed by atoms with Gasteiger partial charge in [-0.3, -0.25) is 0 Å². The molecule has 18 heavy (non-hydrogen) atoms. The first-order valence-electron chi connectivity index (χ1n) is 5.31. The molecule has 98 valence electrons. The summed E-state index contributed by atoms with van der Waals surface area (Å²) in [6.07, 6.45) is 0. The van der Waals surface area contributed by atoms with Crippen molar-refractivity contribution in [1.29, 1.82) is 0 Å². The van der Waals surface area contributed by atoms with Crippen molar-refractivity contribution >= 4 is 17.7 Å². The van der Waals surface area contributed by atoms with Crippen molar-refractivity contribution in [1.82, 2.24) is 5.32 Å². The maximum atomic E-state index is 13.5. The number of hydrogen-bond donors (Lipinski definition) is 3. The average Bonchev–Trinajstić information content (AvgIpc) is 2.17. The number of anilines is 1. The molecule has 0 unspecified atom stereocenters. The monoisotopic (exact) mass is 254 g/mol. The van der Waals surface area contributed by atoms with Gasteiger partial charge in [0, 0.05) is 5.54 Å². The first-order valence-corrected chi connectivity index (χ1v) is 5.31. The third kappa shape index (κ3) is 3.73. The van der Waals surface area contributed by atoms with E-state index in [0.717, 1.165) is 6.07 Å². The SMILES string of the molecule is CC(C)(C)NC(=O)Nc1c(F)cccc1C(=O)O. The number of carbonyl (C=O) groups is 2. The van der Waals surface area contributed by atoms with Gasteiger partial charge in [0.1, 0.15) is 5.82 Å². The summed E-state index contributed by atoms with van der Waals surface area (Å²) in [5.41, 5.74) is -1.13. The highest BCUT2D eigenvalue weighted by Gasteiger charge is 2.19. The molecule has 6 heteroatoms. The number of amides is 2. The second kappa shape index (κ2) is 5.03. The topological polar surface area (TPSA) is 78.4 Å². The molecule has 1 aromatic carbocycles. The third-order valence-corrected chi connectivity index (χ3v) is 1.97. The quantitative estimate of drug-likeness (QED) is 0.758. The Morgan fingerprint density at radius 2 is 1.89 bits per heavy atom. The van der Waals surface area contributed by atoms with Crippen LogP contribution in [-0.4, -0.2) is 22.6 Å². The van der Waals surface area contributed by atoms with Crippen molar-refractivity contribution in [2.75, 3.05) is 5.32 Å². The third-order valence-electron chi connectivity index (χ3n) is 1.97. The predicted octanol–water partition coefficient (Wildman–Crippen LogP) is 2.44. The Morgan fingerprint density at radius 1 is 1.28 bits per heavy atom.